The van der Waals surface area contributed by atoms with E-state index < -0.39 is 18.1 Å². The molecule has 1 rings (SSSR count). The largest absolute Gasteiger partial charge is 0.451 e. The van der Waals surface area contributed by atoms with Gasteiger partial charge in [-0.2, -0.15) is 0 Å². The molecule has 1 unspecified atom stereocenters. The fraction of sp³-hybridized carbons (Fsp3) is 0.714. The van der Waals surface area contributed by atoms with Gasteiger partial charge in [0.2, 0.25) is 0 Å². The Balaban J connectivity index is 0.00000144. The van der Waals surface area contributed by atoms with Crippen LogP contribution in [0.5, 0.6) is 0 Å². The lowest BCUT2D eigenvalue weighted by molar-refractivity contribution is -0.154. The average molecular weight is 209 g/mol. The van der Waals surface area contributed by atoms with E-state index in [9.17, 15) is 9.59 Å². The van der Waals surface area contributed by atoms with Crippen LogP contribution in [0.3, 0.4) is 0 Å². The van der Waals surface area contributed by atoms with Crippen molar-refractivity contribution in [1.29, 1.82) is 0 Å². The first-order valence-corrected chi connectivity index (χ1v) is 3.85. The first-order valence-electron chi connectivity index (χ1n) is 3.85. The molecule has 1 fully saturated rings. The Kier molecular flexibility index (Phi) is 4.72. The predicted molar refractivity (Wildman–Crippen MR) is 48.4 cm³/mol. The van der Waals surface area contributed by atoms with Crippen molar-refractivity contribution in [2.75, 3.05) is 6.54 Å². The van der Waals surface area contributed by atoms with Gasteiger partial charge < -0.3 is 15.8 Å². The summed E-state index contributed by atoms with van der Waals surface area (Å²) in [6.07, 6.45) is -0.0967. The number of hydrogen-bond acceptors (Lipinski definition) is 4. The third-order valence-corrected chi connectivity index (χ3v) is 1.63. The highest BCUT2D eigenvalue weighted by molar-refractivity contribution is 5.86. The molecule has 0 aromatic carbocycles. The maximum Gasteiger partial charge on any atom is 0.323 e. The van der Waals surface area contributed by atoms with E-state index in [2.05, 4.69) is 5.32 Å². The van der Waals surface area contributed by atoms with Crippen LogP contribution in [0, 0.1) is 0 Å². The van der Waals surface area contributed by atoms with E-state index in [1.54, 1.807) is 0 Å². The zero-order valence-corrected chi connectivity index (χ0v) is 8.10. The molecule has 0 aromatic rings. The Labute approximate surface area is 82.4 Å². The molecule has 0 bridgehead atoms. The van der Waals surface area contributed by atoms with Crippen LogP contribution in [0.25, 0.3) is 0 Å². The van der Waals surface area contributed by atoms with Crippen LogP contribution < -0.4 is 11.1 Å². The summed E-state index contributed by atoms with van der Waals surface area (Å²) in [5.41, 5.74) is 5.25. The first kappa shape index (κ1) is 12.2. The van der Waals surface area contributed by atoms with Crippen LogP contribution in [0.2, 0.25) is 0 Å². The molecule has 13 heavy (non-hydrogen) atoms. The number of amides is 1. The van der Waals surface area contributed by atoms with Crippen molar-refractivity contribution < 1.29 is 14.3 Å². The molecule has 76 valence electrons. The number of nitrogens with two attached hydrogens (primary N) is 1. The summed E-state index contributed by atoms with van der Waals surface area (Å²) in [5.74, 6) is -0.763. The number of carbonyl (C=O) groups is 2. The molecule has 1 aliphatic heterocycles. The number of carbonyl (C=O) groups excluding carboxylic acids is 2. The van der Waals surface area contributed by atoms with Crippen LogP contribution in [-0.2, 0) is 14.3 Å². The molecule has 3 N–H and O–H groups in total. The minimum absolute atomic E-state index is 0. The van der Waals surface area contributed by atoms with E-state index in [1.165, 1.54) is 6.92 Å². The molecule has 1 aliphatic rings. The van der Waals surface area contributed by atoms with E-state index >= 15 is 0 Å². The van der Waals surface area contributed by atoms with Crippen LogP contribution in [-0.4, -0.2) is 30.6 Å². The predicted octanol–water partition coefficient (Wildman–Crippen LogP) is -0.813. The molecule has 1 amide bonds. The highest BCUT2D eigenvalue weighted by Crippen LogP contribution is 2.05. The summed E-state index contributed by atoms with van der Waals surface area (Å²) in [4.78, 5) is 21.8. The first-order chi connectivity index (χ1) is 5.61. The molecule has 0 radical (unpaired) electrons. The minimum atomic E-state index is -0.668. The van der Waals surface area contributed by atoms with Crippen LogP contribution in [0.15, 0.2) is 0 Å². The van der Waals surface area contributed by atoms with E-state index in [0.717, 1.165) is 0 Å². The third-order valence-electron chi connectivity index (χ3n) is 1.63. The highest BCUT2D eigenvalue weighted by atomic mass is 35.5. The minimum Gasteiger partial charge on any atom is -0.451 e. The van der Waals surface area contributed by atoms with Gasteiger partial charge >= 0.3 is 5.97 Å². The van der Waals surface area contributed by atoms with Gasteiger partial charge in [-0.15, -0.1) is 12.4 Å². The van der Waals surface area contributed by atoms with Gasteiger partial charge in [-0.1, -0.05) is 0 Å². The summed E-state index contributed by atoms with van der Waals surface area (Å²) in [5, 5.41) is 2.56. The molecule has 1 heterocycles. The number of ether oxygens (including phenoxy) is 1. The van der Waals surface area contributed by atoms with E-state index in [1.807, 2.05) is 0 Å². The molecule has 0 saturated carbocycles. The highest BCUT2D eigenvalue weighted by Gasteiger charge is 2.28. The van der Waals surface area contributed by atoms with E-state index in [0.29, 0.717) is 13.0 Å². The second kappa shape index (κ2) is 5.04. The zero-order valence-electron chi connectivity index (χ0n) is 7.28. The molecular formula is C7H13ClN2O3. The van der Waals surface area contributed by atoms with Crippen molar-refractivity contribution in [3.63, 3.8) is 0 Å². The van der Waals surface area contributed by atoms with Crippen LogP contribution >= 0.6 is 12.4 Å². The smallest absolute Gasteiger partial charge is 0.323 e. The Morgan fingerprint density at radius 1 is 1.77 bits per heavy atom. The second-order valence-electron chi connectivity index (χ2n) is 2.79. The molecule has 0 aliphatic carbocycles. The zero-order chi connectivity index (χ0) is 9.14. The standard InChI is InChI=1S/C7H12N2O3.ClH/c1-4(8)7(11)12-5-2-3-9-6(5)10;/h4-5H,2-3,8H2,1H3,(H,9,10);1H/t4?,5-;/m0./s1. The second-order valence-corrected chi connectivity index (χ2v) is 2.79. The van der Waals surface area contributed by atoms with Crippen molar-refractivity contribution in [2.24, 2.45) is 5.73 Å². The quantitative estimate of drug-likeness (QED) is 0.582. The molecule has 0 aromatic heterocycles. The Hall–Kier alpha value is -0.810. The third kappa shape index (κ3) is 3.20. The molecule has 6 heteroatoms. The Morgan fingerprint density at radius 3 is 2.77 bits per heavy atom. The van der Waals surface area contributed by atoms with Gasteiger partial charge in [-0.3, -0.25) is 9.59 Å². The number of rotatable bonds is 2. The average Bonchev–Trinajstić information content (AvgIpc) is 2.36. The fourth-order valence-corrected chi connectivity index (χ4v) is 0.931. The summed E-state index contributed by atoms with van der Waals surface area (Å²) >= 11 is 0. The Morgan fingerprint density at radius 2 is 2.38 bits per heavy atom. The number of esters is 1. The summed E-state index contributed by atoms with van der Waals surface area (Å²) < 4.78 is 4.81. The molecule has 1 saturated heterocycles. The van der Waals surface area contributed by atoms with Gasteiger partial charge in [0, 0.05) is 13.0 Å². The van der Waals surface area contributed by atoms with Crippen LogP contribution in [0.1, 0.15) is 13.3 Å². The van der Waals surface area contributed by atoms with Gasteiger partial charge in [0.15, 0.2) is 6.10 Å². The lowest BCUT2D eigenvalue weighted by Gasteiger charge is -2.10. The van der Waals surface area contributed by atoms with E-state index in [4.69, 9.17) is 10.5 Å². The number of hydrogen-bond donors (Lipinski definition) is 2. The molecule has 0 spiro atoms. The molecule has 2 atom stereocenters. The summed E-state index contributed by atoms with van der Waals surface area (Å²) in [6, 6.07) is -0.668. The van der Waals surface area contributed by atoms with Crippen molar-refractivity contribution in [2.45, 2.75) is 25.5 Å². The topological polar surface area (TPSA) is 81.4 Å². The van der Waals surface area contributed by atoms with Gasteiger partial charge in [-0.05, 0) is 6.92 Å². The summed E-state index contributed by atoms with van der Waals surface area (Å²) in [6.45, 7) is 2.09. The molecular weight excluding hydrogens is 196 g/mol. The summed E-state index contributed by atoms with van der Waals surface area (Å²) in [7, 11) is 0. The lowest BCUT2D eigenvalue weighted by Crippen LogP contribution is -2.35. The normalized spacial score (nSPS) is 22.9. The van der Waals surface area contributed by atoms with Crippen molar-refractivity contribution in [1.82, 2.24) is 5.32 Å². The van der Waals surface area contributed by atoms with Crippen molar-refractivity contribution in [3.8, 4) is 0 Å². The maximum atomic E-state index is 10.9. The van der Waals surface area contributed by atoms with Crippen LogP contribution in [0.4, 0.5) is 0 Å². The van der Waals surface area contributed by atoms with Gasteiger partial charge in [0.25, 0.3) is 5.91 Å². The fourth-order valence-electron chi connectivity index (χ4n) is 0.931. The monoisotopic (exact) mass is 208 g/mol. The van der Waals surface area contributed by atoms with Gasteiger partial charge in [0.05, 0.1) is 0 Å². The van der Waals surface area contributed by atoms with Crippen molar-refractivity contribution in [3.05, 3.63) is 0 Å². The SMILES string of the molecule is CC(N)C(=O)O[C@H]1CCNC1=O.Cl. The van der Waals surface area contributed by atoms with Gasteiger partial charge in [0.1, 0.15) is 6.04 Å². The molecule has 5 nitrogen and oxygen atoms in total. The van der Waals surface area contributed by atoms with Crippen molar-refractivity contribution >= 4 is 24.3 Å². The maximum absolute atomic E-state index is 10.9. The van der Waals surface area contributed by atoms with E-state index in [-0.39, 0.29) is 18.3 Å². The van der Waals surface area contributed by atoms with Gasteiger partial charge in [-0.25, -0.2) is 0 Å². The number of nitrogens with one attached hydrogen (secondary N) is 1. The lowest BCUT2D eigenvalue weighted by atomic mass is 10.3. The number of halogens is 1. The Bertz CT molecular complexity index is 208.